The number of carbonyl (C=O) groups is 1. The number of unbranched alkanes of at least 4 members (excludes halogenated alkanes) is 5. The van der Waals surface area contributed by atoms with Crippen LogP contribution < -0.4 is 16.8 Å². The lowest BCUT2D eigenvalue weighted by atomic mass is 9.87. The molecule has 1 aromatic carbocycles. The molecule has 0 aliphatic rings. The third-order valence-electron chi connectivity index (χ3n) is 6.33. The van der Waals surface area contributed by atoms with Gasteiger partial charge in [0.1, 0.15) is 5.82 Å². The zero-order valence-electron chi connectivity index (χ0n) is 21.1. The lowest BCUT2D eigenvalue weighted by molar-refractivity contribution is -0.131. The normalized spacial score (nSPS) is 13.2. The van der Waals surface area contributed by atoms with Crippen molar-refractivity contribution in [2.45, 2.75) is 77.2 Å². The number of H-pyrrole nitrogens is 1. The number of guanidine groups is 1. The molecule has 0 saturated heterocycles. The highest BCUT2D eigenvalue weighted by atomic mass is 16.4. The summed E-state index contributed by atoms with van der Waals surface area (Å²) in [5.41, 5.74) is 13.1. The van der Waals surface area contributed by atoms with Gasteiger partial charge < -0.3 is 26.9 Å². The van der Waals surface area contributed by atoms with Gasteiger partial charge in [-0.25, -0.2) is 9.79 Å². The van der Waals surface area contributed by atoms with Crippen molar-refractivity contribution in [2.75, 3.05) is 11.9 Å². The van der Waals surface area contributed by atoms with E-state index in [0.29, 0.717) is 11.5 Å². The van der Waals surface area contributed by atoms with Crippen LogP contribution in [0.5, 0.6) is 0 Å². The Hall–Kier alpha value is -3.22. The molecule has 0 unspecified atom stereocenters. The summed E-state index contributed by atoms with van der Waals surface area (Å²) < 4.78 is 0. The van der Waals surface area contributed by atoms with Gasteiger partial charge in [0.2, 0.25) is 0 Å². The summed E-state index contributed by atoms with van der Waals surface area (Å²) in [6.07, 6.45) is 14.7. The largest absolute Gasteiger partial charge is 0.478 e. The second kappa shape index (κ2) is 16.4. The molecule has 7 N–H and O–H groups in total. The summed E-state index contributed by atoms with van der Waals surface area (Å²) in [5.74, 6) is 0.305. The fraction of sp³-hybridized carbons (Fsp3) is 0.500. The Kier molecular flexibility index (Phi) is 13.1. The zero-order valence-corrected chi connectivity index (χ0v) is 21.1. The SMILES string of the molecule is CCCCCCCC[C@H](CC[C@@H](Nc1ccc[nH]1)/C(=C/C(=O)O)CN=C(N)N)Cc1ccccc1. The number of carboxylic acid groups (broad SMARTS) is 1. The van der Waals surface area contributed by atoms with Crippen molar-refractivity contribution in [3.8, 4) is 0 Å². The molecule has 0 aliphatic heterocycles. The Morgan fingerprint density at radius 2 is 1.77 bits per heavy atom. The highest BCUT2D eigenvalue weighted by molar-refractivity contribution is 5.81. The number of aliphatic carboxylic acids is 1. The highest BCUT2D eigenvalue weighted by Crippen LogP contribution is 2.25. The first-order chi connectivity index (χ1) is 17.0. The van der Waals surface area contributed by atoms with Crippen LogP contribution in [-0.4, -0.2) is 34.6 Å². The number of aromatic amines is 1. The summed E-state index contributed by atoms with van der Waals surface area (Å²) in [4.78, 5) is 18.8. The molecule has 7 heteroatoms. The monoisotopic (exact) mass is 481 g/mol. The Morgan fingerprint density at radius 3 is 2.43 bits per heavy atom. The first-order valence-electron chi connectivity index (χ1n) is 12.9. The molecule has 0 saturated carbocycles. The number of nitrogens with zero attached hydrogens (tertiary/aromatic N) is 1. The molecular formula is C28H43N5O2. The molecule has 2 rings (SSSR count). The third-order valence-corrected chi connectivity index (χ3v) is 6.33. The number of nitrogens with one attached hydrogen (secondary N) is 2. The number of hydrogen-bond donors (Lipinski definition) is 5. The molecule has 0 amide bonds. The molecule has 7 nitrogen and oxygen atoms in total. The van der Waals surface area contributed by atoms with E-state index in [1.54, 1.807) is 0 Å². The van der Waals surface area contributed by atoms with Crippen LogP contribution in [0.25, 0.3) is 0 Å². The van der Waals surface area contributed by atoms with E-state index in [4.69, 9.17) is 11.5 Å². The molecule has 2 aromatic rings. The van der Waals surface area contributed by atoms with Gasteiger partial charge in [-0.05, 0) is 48.4 Å². The predicted octanol–water partition coefficient (Wildman–Crippen LogP) is 5.47. The van der Waals surface area contributed by atoms with Crippen LogP contribution >= 0.6 is 0 Å². The van der Waals surface area contributed by atoms with Gasteiger partial charge in [0.25, 0.3) is 0 Å². The molecule has 192 valence electrons. The fourth-order valence-corrected chi connectivity index (χ4v) is 4.47. The molecule has 0 aliphatic carbocycles. The van der Waals surface area contributed by atoms with Crippen LogP contribution in [0.2, 0.25) is 0 Å². The first-order valence-corrected chi connectivity index (χ1v) is 12.9. The van der Waals surface area contributed by atoms with E-state index >= 15 is 0 Å². The lowest BCUT2D eigenvalue weighted by Gasteiger charge is -2.25. The lowest BCUT2D eigenvalue weighted by Crippen LogP contribution is -2.28. The number of rotatable bonds is 18. The first kappa shape index (κ1) is 28.0. The van der Waals surface area contributed by atoms with Gasteiger partial charge in [0, 0.05) is 12.3 Å². The average Bonchev–Trinajstić information content (AvgIpc) is 3.35. The number of aliphatic imine (C=N–C) groups is 1. The smallest absolute Gasteiger partial charge is 0.328 e. The molecule has 35 heavy (non-hydrogen) atoms. The molecule has 0 fully saturated rings. The van der Waals surface area contributed by atoms with Crippen LogP contribution in [0.3, 0.4) is 0 Å². The summed E-state index contributed by atoms with van der Waals surface area (Å²) in [6.45, 7) is 2.39. The maximum absolute atomic E-state index is 11.6. The van der Waals surface area contributed by atoms with E-state index in [0.717, 1.165) is 25.1 Å². The van der Waals surface area contributed by atoms with Gasteiger partial charge in [-0.2, -0.15) is 0 Å². The second-order valence-electron chi connectivity index (χ2n) is 9.27. The van der Waals surface area contributed by atoms with Gasteiger partial charge in [0.05, 0.1) is 12.6 Å². The standard InChI is InChI=1S/C28H43N5O2/c1-2-3-4-5-6-8-14-23(19-22-12-9-7-10-13-22)16-17-25(33-26-15-11-18-31-26)24(20-27(34)35)21-32-28(29)30/h7,9-13,15,18,20,23,25,31,33H,2-6,8,14,16-17,19,21H2,1H3,(H,34,35)(H4,29,30,32)/b24-20+/t23-,25-/m1/s1. The molecule has 1 aromatic heterocycles. The van der Waals surface area contributed by atoms with Gasteiger partial charge in [-0.15, -0.1) is 0 Å². The maximum atomic E-state index is 11.6. The van der Waals surface area contributed by atoms with Crippen LogP contribution in [0.1, 0.15) is 70.3 Å². The Bertz CT molecular complexity index is 889. The highest BCUT2D eigenvalue weighted by Gasteiger charge is 2.19. The topological polar surface area (TPSA) is 130 Å². The van der Waals surface area contributed by atoms with Crippen molar-refractivity contribution in [3.05, 3.63) is 65.9 Å². The van der Waals surface area contributed by atoms with Gasteiger partial charge in [-0.3, -0.25) is 0 Å². The Labute approximate surface area is 210 Å². The summed E-state index contributed by atoms with van der Waals surface area (Å²) in [5, 5.41) is 12.9. The van der Waals surface area contributed by atoms with E-state index in [1.165, 1.54) is 56.6 Å². The Balaban J connectivity index is 2.12. The van der Waals surface area contributed by atoms with Crippen molar-refractivity contribution in [1.82, 2.24) is 4.98 Å². The van der Waals surface area contributed by atoms with Gasteiger partial charge in [-0.1, -0.05) is 82.2 Å². The van der Waals surface area contributed by atoms with E-state index < -0.39 is 5.97 Å². The van der Waals surface area contributed by atoms with Gasteiger partial charge in [0.15, 0.2) is 5.96 Å². The van der Waals surface area contributed by atoms with Crippen LogP contribution in [0, 0.1) is 5.92 Å². The zero-order chi connectivity index (χ0) is 25.3. The molecular weight excluding hydrogens is 438 g/mol. The minimum absolute atomic E-state index is 0.0510. The number of aromatic nitrogens is 1. The van der Waals surface area contributed by atoms with E-state index in [-0.39, 0.29) is 18.5 Å². The quantitative estimate of drug-likeness (QED) is 0.0834. The second-order valence-corrected chi connectivity index (χ2v) is 9.27. The molecule has 0 radical (unpaired) electrons. The summed E-state index contributed by atoms with van der Waals surface area (Å²) >= 11 is 0. The van der Waals surface area contributed by atoms with E-state index in [9.17, 15) is 9.90 Å². The van der Waals surface area contributed by atoms with Crippen LogP contribution in [0.4, 0.5) is 5.82 Å². The van der Waals surface area contributed by atoms with E-state index in [2.05, 4.69) is 52.5 Å². The van der Waals surface area contributed by atoms with Crippen molar-refractivity contribution in [3.63, 3.8) is 0 Å². The average molecular weight is 482 g/mol. The number of benzene rings is 1. The molecule has 2 atom stereocenters. The van der Waals surface area contributed by atoms with Crippen molar-refractivity contribution < 1.29 is 9.90 Å². The molecule has 1 heterocycles. The van der Waals surface area contributed by atoms with Gasteiger partial charge >= 0.3 is 5.97 Å². The number of nitrogens with two attached hydrogens (primary N) is 2. The Morgan fingerprint density at radius 1 is 1.03 bits per heavy atom. The molecule has 0 spiro atoms. The predicted molar refractivity (Wildman–Crippen MR) is 145 cm³/mol. The van der Waals surface area contributed by atoms with Crippen LogP contribution in [0.15, 0.2) is 65.3 Å². The maximum Gasteiger partial charge on any atom is 0.328 e. The summed E-state index contributed by atoms with van der Waals surface area (Å²) in [6, 6.07) is 14.3. The fourth-order valence-electron chi connectivity index (χ4n) is 4.47. The summed E-state index contributed by atoms with van der Waals surface area (Å²) in [7, 11) is 0. The van der Waals surface area contributed by atoms with Crippen molar-refractivity contribution in [1.29, 1.82) is 0 Å². The van der Waals surface area contributed by atoms with E-state index in [1.807, 2.05) is 18.3 Å². The third kappa shape index (κ3) is 12.2. The number of carboxylic acids is 1. The minimum Gasteiger partial charge on any atom is -0.478 e. The van der Waals surface area contributed by atoms with Crippen molar-refractivity contribution in [2.24, 2.45) is 22.4 Å². The minimum atomic E-state index is -1.00. The molecule has 0 bridgehead atoms. The number of anilines is 1. The van der Waals surface area contributed by atoms with Crippen LogP contribution in [-0.2, 0) is 11.2 Å². The van der Waals surface area contributed by atoms with Crippen molar-refractivity contribution >= 4 is 17.7 Å². The number of hydrogen-bond acceptors (Lipinski definition) is 3.